The molecule has 0 bridgehead atoms. The number of allylic oxidation sites excluding steroid dienone is 1. The molecule has 0 aliphatic heterocycles. The van der Waals surface area contributed by atoms with Gasteiger partial charge in [0, 0.05) is 5.92 Å². The lowest BCUT2D eigenvalue weighted by Crippen LogP contribution is -2.35. The molecule has 1 aliphatic carbocycles. The second-order valence-electron chi connectivity index (χ2n) is 7.89. The van der Waals surface area contributed by atoms with Crippen LogP contribution in [0.3, 0.4) is 0 Å². The fourth-order valence-electron chi connectivity index (χ4n) is 2.75. The van der Waals surface area contributed by atoms with Gasteiger partial charge in [0.25, 0.3) is 0 Å². The van der Waals surface area contributed by atoms with Gasteiger partial charge in [0.1, 0.15) is 5.75 Å². The quantitative estimate of drug-likeness (QED) is 0.649. The number of methoxy groups -OCH3 is 1. The zero-order chi connectivity index (χ0) is 15.7. The summed E-state index contributed by atoms with van der Waals surface area (Å²) >= 11 is 0. The molecule has 2 rings (SSSR count). The topological polar surface area (TPSA) is 9.23 Å². The lowest BCUT2D eigenvalue weighted by atomic mass is 9.83. The molecule has 1 aromatic rings. The second kappa shape index (κ2) is 6.00. The molecule has 0 spiro atoms. The molecule has 1 aliphatic rings. The molecule has 0 aromatic heterocycles. The Hall–Kier alpha value is -1.02. The van der Waals surface area contributed by atoms with E-state index < -0.39 is 8.07 Å². The maximum atomic E-state index is 5.41. The van der Waals surface area contributed by atoms with Crippen LogP contribution in [0.4, 0.5) is 0 Å². The molecule has 0 radical (unpaired) electrons. The largest absolute Gasteiger partial charge is 0.497 e. The first-order chi connectivity index (χ1) is 9.74. The summed E-state index contributed by atoms with van der Waals surface area (Å²) < 4.78 is 5.41. The average Bonchev–Trinajstić information content (AvgIpc) is 2.43. The summed E-state index contributed by atoms with van der Waals surface area (Å²) in [6, 6.07) is 6.59. The van der Waals surface area contributed by atoms with Crippen LogP contribution in [0.1, 0.15) is 50.7 Å². The fourth-order valence-corrected chi connectivity index (χ4v) is 3.96. The number of hydrogen-bond acceptors (Lipinski definition) is 1. The van der Waals surface area contributed by atoms with Crippen molar-refractivity contribution in [3.05, 3.63) is 41.1 Å². The molecule has 21 heavy (non-hydrogen) atoms. The zero-order valence-electron chi connectivity index (χ0n) is 14.5. The number of rotatable bonds is 3. The van der Waals surface area contributed by atoms with Crippen molar-refractivity contribution in [1.82, 2.24) is 0 Å². The molecular formula is C19H30OSi. The van der Waals surface area contributed by atoms with Crippen LogP contribution in [-0.2, 0) is 6.42 Å². The van der Waals surface area contributed by atoms with Gasteiger partial charge in [-0.15, -0.1) is 0 Å². The number of aryl methyl sites for hydroxylation is 1. The van der Waals surface area contributed by atoms with E-state index in [4.69, 9.17) is 4.74 Å². The molecule has 116 valence electrons. The van der Waals surface area contributed by atoms with Gasteiger partial charge in [-0.3, -0.25) is 0 Å². The standard InChI is InChI=1S/C19H30OSi/c1-19(2,3)21(5,6)13-12-16-9-7-8-15-10-11-17(20-4)14-18(15)16/h10-14,16H,7-9H2,1-6H3/b13-12+/t16-/m1/s1. The van der Waals surface area contributed by atoms with Gasteiger partial charge in [-0.25, -0.2) is 0 Å². The molecule has 0 amide bonds. The molecule has 0 saturated heterocycles. The van der Waals surface area contributed by atoms with E-state index in [9.17, 15) is 0 Å². The highest BCUT2D eigenvalue weighted by atomic mass is 28.3. The highest BCUT2D eigenvalue weighted by molar-refractivity contribution is 6.84. The first-order valence-corrected chi connectivity index (χ1v) is 11.2. The van der Waals surface area contributed by atoms with Gasteiger partial charge < -0.3 is 4.74 Å². The average molecular weight is 303 g/mol. The Morgan fingerprint density at radius 3 is 2.57 bits per heavy atom. The molecule has 1 nitrogen and oxygen atoms in total. The van der Waals surface area contributed by atoms with Crippen molar-refractivity contribution < 1.29 is 4.74 Å². The molecule has 1 atom stereocenters. The van der Waals surface area contributed by atoms with Crippen molar-refractivity contribution in [3.63, 3.8) is 0 Å². The summed E-state index contributed by atoms with van der Waals surface area (Å²) in [7, 11) is 0.411. The third kappa shape index (κ3) is 3.60. The second-order valence-corrected chi connectivity index (χ2v) is 13.2. The molecule has 0 N–H and O–H groups in total. The zero-order valence-corrected chi connectivity index (χ0v) is 15.5. The summed E-state index contributed by atoms with van der Waals surface area (Å²) in [5, 5.41) is 0.412. The van der Waals surface area contributed by atoms with E-state index in [-0.39, 0.29) is 0 Å². The summed E-state index contributed by atoms with van der Waals surface area (Å²) in [6.07, 6.45) is 6.27. The Bertz CT molecular complexity index is 523. The van der Waals surface area contributed by atoms with Crippen LogP contribution in [-0.4, -0.2) is 15.2 Å². The van der Waals surface area contributed by atoms with Crippen LogP contribution in [0.2, 0.25) is 18.1 Å². The Morgan fingerprint density at radius 1 is 1.24 bits per heavy atom. The smallest absolute Gasteiger partial charge is 0.119 e. The lowest BCUT2D eigenvalue weighted by molar-refractivity contribution is 0.413. The van der Waals surface area contributed by atoms with Crippen LogP contribution < -0.4 is 4.74 Å². The fraction of sp³-hybridized carbons (Fsp3) is 0.579. The number of hydrogen-bond donors (Lipinski definition) is 0. The third-order valence-electron chi connectivity index (χ3n) is 5.39. The van der Waals surface area contributed by atoms with Gasteiger partial charge in [0.2, 0.25) is 0 Å². The monoisotopic (exact) mass is 302 g/mol. The highest BCUT2D eigenvalue weighted by Crippen LogP contribution is 2.39. The van der Waals surface area contributed by atoms with E-state index in [2.05, 4.69) is 63.8 Å². The minimum Gasteiger partial charge on any atom is -0.497 e. The van der Waals surface area contributed by atoms with Gasteiger partial charge in [-0.05, 0) is 47.6 Å². The van der Waals surface area contributed by atoms with E-state index in [1.165, 1.54) is 30.4 Å². The van der Waals surface area contributed by atoms with E-state index in [1.54, 1.807) is 7.11 Å². The van der Waals surface area contributed by atoms with Gasteiger partial charge in [-0.1, -0.05) is 51.7 Å². The molecule has 0 heterocycles. The number of fused-ring (bicyclic) bond motifs is 1. The minimum atomic E-state index is -1.34. The van der Waals surface area contributed by atoms with E-state index in [1.807, 2.05) is 0 Å². The van der Waals surface area contributed by atoms with Crippen molar-refractivity contribution >= 4 is 8.07 Å². The summed E-state index contributed by atoms with van der Waals surface area (Å²) in [4.78, 5) is 0. The van der Waals surface area contributed by atoms with Gasteiger partial charge >= 0.3 is 0 Å². The van der Waals surface area contributed by atoms with Crippen molar-refractivity contribution in [2.75, 3.05) is 7.11 Å². The van der Waals surface area contributed by atoms with Crippen molar-refractivity contribution in [1.29, 1.82) is 0 Å². The maximum Gasteiger partial charge on any atom is 0.119 e. The Labute approximate surface area is 131 Å². The third-order valence-corrected chi connectivity index (χ3v) is 10.3. The molecule has 2 heteroatoms. The van der Waals surface area contributed by atoms with Crippen LogP contribution in [0.15, 0.2) is 30.0 Å². The first-order valence-electron chi connectivity index (χ1n) is 8.11. The van der Waals surface area contributed by atoms with Crippen molar-refractivity contribution in [3.8, 4) is 5.75 Å². The van der Waals surface area contributed by atoms with Gasteiger partial charge in [0.05, 0.1) is 15.2 Å². The van der Waals surface area contributed by atoms with Crippen LogP contribution in [0, 0.1) is 0 Å². The molecule has 0 saturated carbocycles. The Morgan fingerprint density at radius 2 is 1.95 bits per heavy atom. The van der Waals surface area contributed by atoms with Crippen molar-refractivity contribution in [2.24, 2.45) is 0 Å². The number of ether oxygens (including phenoxy) is 1. The van der Waals surface area contributed by atoms with Gasteiger partial charge in [0.15, 0.2) is 0 Å². The SMILES string of the molecule is COc1ccc2c(c1)[C@@H](/C=C/[Si](C)(C)C(C)(C)C)CCC2. The molecule has 0 unspecified atom stereocenters. The Kier molecular flexibility index (Phi) is 4.67. The van der Waals surface area contributed by atoms with Gasteiger partial charge in [-0.2, -0.15) is 0 Å². The normalized spacial score (nSPS) is 19.6. The maximum absolute atomic E-state index is 5.41. The van der Waals surface area contributed by atoms with E-state index in [0.717, 1.165) is 5.75 Å². The molecule has 0 fully saturated rings. The van der Waals surface area contributed by atoms with Crippen LogP contribution in [0.5, 0.6) is 5.75 Å². The predicted octanol–water partition coefficient (Wildman–Crippen LogP) is 5.72. The lowest BCUT2D eigenvalue weighted by Gasteiger charge is -2.35. The molecular weight excluding hydrogens is 272 g/mol. The Balaban J connectivity index is 2.28. The first kappa shape index (κ1) is 16.3. The summed E-state index contributed by atoms with van der Waals surface area (Å²) in [5.74, 6) is 1.55. The van der Waals surface area contributed by atoms with Crippen LogP contribution in [0.25, 0.3) is 0 Å². The molecule has 1 aromatic carbocycles. The summed E-state index contributed by atoms with van der Waals surface area (Å²) in [5.41, 5.74) is 5.55. The minimum absolute atomic E-state index is 0.412. The number of benzene rings is 1. The predicted molar refractivity (Wildman–Crippen MR) is 95.0 cm³/mol. The highest BCUT2D eigenvalue weighted by Gasteiger charge is 2.32. The summed E-state index contributed by atoms with van der Waals surface area (Å²) in [6.45, 7) is 12.1. The van der Waals surface area contributed by atoms with Crippen LogP contribution >= 0.6 is 0 Å². The van der Waals surface area contributed by atoms with Crippen molar-refractivity contribution in [2.45, 2.75) is 64.1 Å². The van der Waals surface area contributed by atoms with E-state index in [0.29, 0.717) is 11.0 Å². The van der Waals surface area contributed by atoms with E-state index >= 15 is 0 Å².